The number of hydrogen-bond acceptors (Lipinski definition) is 6. The molecule has 196 valence electrons. The van der Waals surface area contributed by atoms with E-state index in [9.17, 15) is 31.2 Å². The normalized spacial score (nSPS) is 17.6. The molecule has 2 aromatic heterocycles. The molecular weight excluding hydrogens is 509 g/mol. The molecule has 0 saturated carbocycles. The molecular formula is C25H25F3N4O4S. The van der Waals surface area contributed by atoms with Crippen molar-refractivity contribution in [3.05, 3.63) is 76.2 Å². The van der Waals surface area contributed by atoms with Crippen LogP contribution in [0.2, 0.25) is 0 Å². The number of nitrogens with one attached hydrogen (secondary N) is 2. The SMILES string of the molecule is CC1CCN(c2nc(-c3ccc(C(F)(F)F)cc3)ccc2C(=O)NS(=O)(=O)c2ccc[nH]c2=O)C1(C)C. The lowest BCUT2D eigenvalue weighted by atomic mass is 9.90. The molecule has 12 heteroatoms. The van der Waals surface area contributed by atoms with Crippen LogP contribution in [0, 0.1) is 5.92 Å². The number of pyridine rings is 2. The number of nitrogens with zero attached hydrogens (tertiary/aromatic N) is 2. The Labute approximate surface area is 211 Å². The van der Waals surface area contributed by atoms with E-state index in [2.05, 4.69) is 9.97 Å². The number of hydrogen-bond donors (Lipinski definition) is 2. The number of alkyl halides is 3. The number of carbonyl (C=O) groups excluding carboxylic acids is 1. The van der Waals surface area contributed by atoms with Crippen molar-refractivity contribution in [1.82, 2.24) is 14.7 Å². The summed E-state index contributed by atoms with van der Waals surface area (Å²) in [5.74, 6) is -0.576. The molecule has 1 aromatic carbocycles. The van der Waals surface area contributed by atoms with Gasteiger partial charge in [-0.2, -0.15) is 13.2 Å². The summed E-state index contributed by atoms with van der Waals surface area (Å²) in [6.45, 7) is 6.52. The van der Waals surface area contributed by atoms with E-state index in [0.717, 1.165) is 24.6 Å². The predicted octanol–water partition coefficient (Wildman–Crippen LogP) is 4.20. The number of carbonyl (C=O) groups is 1. The van der Waals surface area contributed by atoms with E-state index in [-0.39, 0.29) is 17.3 Å². The Morgan fingerprint density at radius 1 is 1.14 bits per heavy atom. The molecule has 0 spiro atoms. The molecule has 1 atom stereocenters. The first-order chi connectivity index (χ1) is 17.2. The van der Waals surface area contributed by atoms with Gasteiger partial charge in [0.15, 0.2) is 4.90 Å². The third kappa shape index (κ3) is 5.10. The summed E-state index contributed by atoms with van der Waals surface area (Å²) in [6, 6.07) is 9.69. The maximum Gasteiger partial charge on any atom is 0.416 e. The van der Waals surface area contributed by atoms with Gasteiger partial charge in [-0.25, -0.2) is 18.1 Å². The van der Waals surface area contributed by atoms with Crippen LogP contribution in [0.25, 0.3) is 11.3 Å². The second-order valence-electron chi connectivity index (χ2n) is 9.44. The number of amides is 1. The maximum atomic E-state index is 13.2. The number of halogens is 3. The van der Waals surface area contributed by atoms with Crippen LogP contribution in [0.15, 0.2) is 64.4 Å². The zero-order valence-electron chi connectivity index (χ0n) is 20.3. The Kier molecular flexibility index (Phi) is 6.65. The van der Waals surface area contributed by atoms with Gasteiger partial charge in [-0.15, -0.1) is 0 Å². The minimum atomic E-state index is -4.50. The van der Waals surface area contributed by atoms with Gasteiger partial charge >= 0.3 is 6.18 Å². The van der Waals surface area contributed by atoms with Crippen molar-refractivity contribution in [1.29, 1.82) is 0 Å². The van der Waals surface area contributed by atoms with E-state index in [1.807, 2.05) is 30.4 Å². The van der Waals surface area contributed by atoms with Crippen LogP contribution in [-0.2, 0) is 16.2 Å². The topological polar surface area (TPSA) is 112 Å². The lowest BCUT2D eigenvalue weighted by molar-refractivity contribution is -0.137. The number of aromatic nitrogens is 2. The largest absolute Gasteiger partial charge is 0.416 e. The Morgan fingerprint density at radius 3 is 2.38 bits per heavy atom. The summed E-state index contributed by atoms with van der Waals surface area (Å²) in [7, 11) is -4.50. The Balaban J connectivity index is 1.77. The van der Waals surface area contributed by atoms with Gasteiger partial charge in [0.2, 0.25) is 0 Å². The highest BCUT2D eigenvalue weighted by Gasteiger charge is 2.41. The van der Waals surface area contributed by atoms with Crippen molar-refractivity contribution in [2.75, 3.05) is 11.4 Å². The highest BCUT2D eigenvalue weighted by atomic mass is 32.2. The van der Waals surface area contributed by atoms with Gasteiger partial charge in [0, 0.05) is 23.8 Å². The molecule has 4 rings (SSSR count). The first-order valence-electron chi connectivity index (χ1n) is 11.4. The molecule has 2 N–H and O–H groups in total. The third-order valence-corrected chi connectivity index (χ3v) is 8.22. The van der Waals surface area contributed by atoms with Crippen LogP contribution in [0.5, 0.6) is 0 Å². The van der Waals surface area contributed by atoms with Crippen molar-refractivity contribution in [2.45, 2.75) is 43.8 Å². The van der Waals surface area contributed by atoms with E-state index in [0.29, 0.717) is 17.8 Å². The van der Waals surface area contributed by atoms with Crippen molar-refractivity contribution in [2.24, 2.45) is 5.92 Å². The minimum absolute atomic E-state index is 0.0474. The van der Waals surface area contributed by atoms with Gasteiger partial charge in [0.1, 0.15) is 5.82 Å². The average molecular weight is 535 g/mol. The zero-order valence-corrected chi connectivity index (χ0v) is 21.1. The highest BCUT2D eigenvalue weighted by molar-refractivity contribution is 7.90. The fourth-order valence-corrected chi connectivity index (χ4v) is 5.31. The number of sulfonamides is 1. The quantitative estimate of drug-likeness (QED) is 0.508. The van der Waals surface area contributed by atoms with Gasteiger partial charge in [0.25, 0.3) is 21.5 Å². The van der Waals surface area contributed by atoms with Crippen molar-refractivity contribution >= 4 is 21.7 Å². The molecule has 8 nitrogen and oxygen atoms in total. The van der Waals surface area contributed by atoms with E-state index >= 15 is 0 Å². The summed E-state index contributed by atoms with van der Waals surface area (Å²) in [6.07, 6.45) is -2.43. The summed E-state index contributed by atoms with van der Waals surface area (Å²) in [5.41, 5.74) is -1.46. The summed E-state index contributed by atoms with van der Waals surface area (Å²) in [5, 5.41) is 0. The molecule has 1 aliphatic rings. The van der Waals surface area contributed by atoms with Crippen molar-refractivity contribution in [3.8, 4) is 11.3 Å². The van der Waals surface area contributed by atoms with Crippen LogP contribution in [0.1, 0.15) is 43.1 Å². The molecule has 1 saturated heterocycles. The second kappa shape index (κ2) is 9.33. The fraction of sp³-hybridized carbons (Fsp3) is 0.320. The zero-order chi connectivity index (χ0) is 27.2. The number of benzene rings is 1. The summed E-state index contributed by atoms with van der Waals surface area (Å²) < 4.78 is 66.5. The molecule has 1 amide bonds. The molecule has 0 radical (unpaired) electrons. The van der Waals surface area contributed by atoms with Crippen LogP contribution in [0.4, 0.5) is 19.0 Å². The summed E-state index contributed by atoms with van der Waals surface area (Å²) in [4.78, 5) is 33.4. The van der Waals surface area contributed by atoms with Gasteiger partial charge in [-0.05, 0) is 62.6 Å². The lowest BCUT2D eigenvalue weighted by Crippen LogP contribution is -2.44. The van der Waals surface area contributed by atoms with Crippen molar-refractivity contribution in [3.63, 3.8) is 0 Å². The molecule has 3 aromatic rings. The monoisotopic (exact) mass is 534 g/mol. The summed E-state index contributed by atoms with van der Waals surface area (Å²) >= 11 is 0. The molecule has 1 aliphatic heterocycles. The fourth-order valence-electron chi connectivity index (χ4n) is 4.28. The molecule has 1 unspecified atom stereocenters. The average Bonchev–Trinajstić information content (AvgIpc) is 3.10. The first kappa shape index (κ1) is 26.4. The lowest BCUT2D eigenvalue weighted by Gasteiger charge is -2.36. The van der Waals surface area contributed by atoms with E-state index < -0.39 is 43.7 Å². The standard InChI is InChI=1S/C25H25F3N4O4S/c1-15-12-14-32(24(15,2)3)21-18(22(33)31-37(35,36)20-5-4-13-29-23(20)34)10-11-19(30-21)16-6-8-17(9-7-16)25(26,27)28/h4-11,13,15H,12,14H2,1-3H3,(H,29,34)(H,31,33). The minimum Gasteiger partial charge on any atom is -0.351 e. The van der Waals surface area contributed by atoms with Gasteiger partial charge < -0.3 is 9.88 Å². The van der Waals surface area contributed by atoms with Gasteiger partial charge in [0.05, 0.1) is 16.8 Å². The number of anilines is 1. The maximum absolute atomic E-state index is 13.2. The molecule has 37 heavy (non-hydrogen) atoms. The predicted molar refractivity (Wildman–Crippen MR) is 132 cm³/mol. The molecule has 3 heterocycles. The van der Waals surface area contributed by atoms with Crippen LogP contribution in [0.3, 0.4) is 0 Å². The van der Waals surface area contributed by atoms with E-state index in [4.69, 9.17) is 0 Å². The van der Waals surface area contributed by atoms with E-state index in [1.165, 1.54) is 36.5 Å². The number of aromatic amines is 1. The van der Waals surface area contributed by atoms with E-state index in [1.54, 1.807) is 0 Å². The van der Waals surface area contributed by atoms with Crippen LogP contribution >= 0.6 is 0 Å². The molecule has 0 bridgehead atoms. The van der Waals surface area contributed by atoms with Crippen LogP contribution in [-0.4, -0.2) is 36.4 Å². The Hall–Kier alpha value is -3.67. The Bertz CT molecular complexity index is 1500. The van der Waals surface area contributed by atoms with Crippen LogP contribution < -0.4 is 15.2 Å². The number of rotatable bonds is 5. The smallest absolute Gasteiger partial charge is 0.351 e. The molecule has 1 fully saturated rings. The number of H-pyrrole nitrogens is 1. The Morgan fingerprint density at radius 2 is 1.81 bits per heavy atom. The van der Waals surface area contributed by atoms with Crippen molar-refractivity contribution < 1.29 is 26.4 Å². The van der Waals surface area contributed by atoms with Gasteiger partial charge in [-0.3, -0.25) is 9.59 Å². The first-order valence-corrected chi connectivity index (χ1v) is 12.9. The second-order valence-corrected chi connectivity index (χ2v) is 11.1. The van der Waals surface area contributed by atoms with Gasteiger partial charge in [-0.1, -0.05) is 19.1 Å². The molecule has 0 aliphatic carbocycles. The third-order valence-electron chi connectivity index (χ3n) is 6.87. The highest BCUT2D eigenvalue weighted by Crippen LogP contribution is 2.39.